The van der Waals surface area contributed by atoms with Crippen LogP contribution in [0.3, 0.4) is 0 Å². The molecule has 0 saturated carbocycles. The molecule has 0 spiro atoms. The highest BCUT2D eigenvalue weighted by atomic mass is 32.2. The highest BCUT2D eigenvalue weighted by Gasteiger charge is 2.09. The maximum atomic E-state index is 9.32. The molecule has 5 heteroatoms. The molecule has 0 bridgehead atoms. The van der Waals surface area contributed by atoms with Crippen molar-refractivity contribution in [1.82, 2.24) is 9.55 Å². The van der Waals surface area contributed by atoms with Crippen molar-refractivity contribution in [3.63, 3.8) is 0 Å². The monoisotopic (exact) mass is 320 g/mol. The van der Waals surface area contributed by atoms with E-state index in [2.05, 4.69) is 35.5 Å². The molecule has 0 amide bonds. The van der Waals surface area contributed by atoms with E-state index in [-0.39, 0.29) is 6.61 Å². The minimum absolute atomic E-state index is 0.0205. The zero-order valence-electron chi connectivity index (χ0n) is 13.5. The normalized spacial score (nSPS) is 11.1. The molecule has 0 saturated heterocycles. The summed E-state index contributed by atoms with van der Waals surface area (Å²) in [7, 11) is 1.67. The first-order valence-electron chi connectivity index (χ1n) is 7.55. The molecule has 1 aromatic carbocycles. The van der Waals surface area contributed by atoms with Crippen molar-refractivity contribution < 1.29 is 9.84 Å². The van der Waals surface area contributed by atoms with Crippen LogP contribution >= 0.6 is 11.8 Å². The highest BCUT2D eigenvalue weighted by Crippen LogP contribution is 2.22. The summed E-state index contributed by atoms with van der Waals surface area (Å²) in [6.07, 6.45) is 3.09. The molecule has 2 rings (SSSR count). The van der Waals surface area contributed by atoms with Gasteiger partial charge in [0.2, 0.25) is 0 Å². The van der Waals surface area contributed by atoms with Crippen molar-refractivity contribution in [1.29, 1.82) is 0 Å². The average Bonchev–Trinajstić information content (AvgIpc) is 2.90. The second kappa shape index (κ2) is 8.25. The number of benzene rings is 1. The van der Waals surface area contributed by atoms with Gasteiger partial charge in [-0.15, -0.1) is 0 Å². The predicted molar refractivity (Wildman–Crippen MR) is 90.4 cm³/mol. The lowest BCUT2D eigenvalue weighted by atomic mass is 10.2. The van der Waals surface area contributed by atoms with Crippen molar-refractivity contribution in [2.75, 3.05) is 12.9 Å². The number of imidazole rings is 1. The Morgan fingerprint density at radius 1 is 1.27 bits per heavy atom. The molecule has 0 aliphatic rings. The number of hydrogen-bond donors (Lipinski definition) is 1. The minimum atomic E-state index is -0.0205. The van der Waals surface area contributed by atoms with Crippen LogP contribution < -0.4 is 4.74 Å². The van der Waals surface area contributed by atoms with Gasteiger partial charge in [0.15, 0.2) is 5.16 Å². The molecule has 4 nitrogen and oxygen atoms in total. The van der Waals surface area contributed by atoms with Crippen LogP contribution in [0.1, 0.15) is 31.5 Å². The standard InChI is InChI=1S/C17H24N2O2S/c1-13(2)8-9-22-17-18-15(12-20)11-19(17)10-14-4-6-16(21-3)7-5-14/h4-7,11,13,20H,8-10,12H2,1-3H3. The van der Waals surface area contributed by atoms with Crippen molar-refractivity contribution in [2.24, 2.45) is 5.92 Å². The molecule has 0 aliphatic heterocycles. The molecule has 22 heavy (non-hydrogen) atoms. The quantitative estimate of drug-likeness (QED) is 0.755. The first-order valence-corrected chi connectivity index (χ1v) is 8.53. The number of aliphatic hydroxyl groups is 1. The van der Waals surface area contributed by atoms with E-state index in [9.17, 15) is 5.11 Å². The van der Waals surface area contributed by atoms with Crippen LogP contribution in [0.5, 0.6) is 5.75 Å². The summed E-state index contributed by atoms with van der Waals surface area (Å²) >= 11 is 1.75. The average molecular weight is 320 g/mol. The van der Waals surface area contributed by atoms with Crippen LogP contribution in [0, 0.1) is 5.92 Å². The summed E-state index contributed by atoms with van der Waals surface area (Å²) in [5, 5.41) is 10.3. The van der Waals surface area contributed by atoms with E-state index < -0.39 is 0 Å². The molecule has 0 radical (unpaired) electrons. The lowest BCUT2D eigenvalue weighted by molar-refractivity contribution is 0.277. The fourth-order valence-corrected chi connectivity index (χ4v) is 3.31. The summed E-state index contributed by atoms with van der Waals surface area (Å²) in [5.41, 5.74) is 1.91. The molecule has 0 atom stereocenters. The summed E-state index contributed by atoms with van der Waals surface area (Å²) in [6.45, 7) is 5.18. The number of hydrogen-bond acceptors (Lipinski definition) is 4. The van der Waals surface area contributed by atoms with Gasteiger partial charge in [0.05, 0.1) is 19.4 Å². The Morgan fingerprint density at radius 3 is 2.59 bits per heavy atom. The molecular formula is C17H24N2O2S. The van der Waals surface area contributed by atoms with Crippen LogP contribution in [0.25, 0.3) is 0 Å². The van der Waals surface area contributed by atoms with Gasteiger partial charge in [0.1, 0.15) is 5.75 Å². The fourth-order valence-electron chi connectivity index (χ4n) is 2.07. The zero-order chi connectivity index (χ0) is 15.9. The molecule has 120 valence electrons. The van der Waals surface area contributed by atoms with Gasteiger partial charge in [-0.2, -0.15) is 0 Å². The lowest BCUT2D eigenvalue weighted by Crippen LogP contribution is -2.01. The highest BCUT2D eigenvalue weighted by molar-refractivity contribution is 7.99. The second-order valence-electron chi connectivity index (χ2n) is 5.68. The van der Waals surface area contributed by atoms with E-state index in [1.54, 1.807) is 18.9 Å². The van der Waals surface area contributed by atoms with E-state index in [0.717, 1.165) is 35.3 Å². The van der Waals surface area contributed by atoms with E-state index in [0.29, 0.717) is 5.92 Å². The van der Waals surface area contributed by atoms with Crippen LogP contribution in [0.15, 0.2) is 35.6 Å². The SMILES string of the molecule is COc1ccc(Cn2cc(CO)nc2SCCC(C)C)cc1. The van der Waals surface area contributed by atoms with Gasteiger partial charge < -0.3 is 14.4 Å². The molecule has 1 heterocycles. The largest absolute Gasteiger partial charge is 0.497 e. The Morgan fingerprint density at radius 2 is 2.00 bits per heavy atom. The van der Waals surface area contributed by atoms with Gasteiger partial charge in [-0.3, -0.25) is 0 Å². The fraction of sp³-hybridized carbons (Fsp3) is 0.471. The van der Waals surface area contributed by atoms with Crippen LogP contribution in [-0.2, 0) is 13.2 Å². The van der Waals surface area contributed by atoms with Gasteiger partial charge in [0, 0.05) is 18.5 Å². The lowest BCUT2D eigenvalue weighted by Gasteiger charge is -2.09. The van der Waals surface area contributed by atoms with E-state index >= 15 is 0 Å². The molecule has 0 unspecified atom stereocenters. The van der Waals surface area contributed by atoms with Crippen LogP contribution in [-0.4, -0.2) is 27.5 Å². The Labute approximate surface area is 136 Å². The Hall–Kier alpha value is -1.46. The summed E-state index contributed by atoms with van der Waals surface area (Å²) in [6, 6.07) is 8.04. The van der Waals surface area contributed by atoms with Crippen LogP contribution in [0.4, 0.5) is 0 Å². The molecule has 0 aliphatic carbocycles. The number of aliphatic hydroxyl groups excluding tert-OH is 1. The van der Waals surface area contributed by atoms with E-state index in [1.165, 1.54) is 5.56 Å². The number of rotatable bonds is 8. The van der Waals surface area contributed by atoms with Crippen molar-refractivity contribution in [3.05, 3.63) is 41.7 Å². The third-order valence-electron chi connectivity index (χ3n) is 3.39. The molecule has 2 aromatic rings. The summed E-state index contributed by atoms with van der Waals surface area (Å²) < 4.78 is 7.29. The van der Waals surface area contributed by atoms with E-state index in [4.69, 9.17) is 4.74 Å². The van der Waals surface area contributed by atoms with Gasteiger partial charge in [-0.05, 0) is 30.0 Å². The van der Waals surface area contributed by atoms with Crippen molar-refractivity contribution >= 4 is 11.8 Å². The van der Waals surface area contributed by atoms with Crippen LogP contribution in [0.2, 0.25) is 0 Å². The maximum Gasteiger partial charge on any atom is 0.168 e. The third kappa shape index (κ3) is 4.78. The number of methoxy groups -OCH3 is 1. The summed E-state index contributed by atoms with van der Waals surface area (Å²) in [4.78, 5) is 4.51. The molecule has 0 fully saturated rings. The Bertz CT molecular complexity index is 579. The van der Waals surface area contributed by atoms with Gasteiger partial charge in [-0.1, -0.05) is 37.7 Å². The van der Waals surface area contributed by atoms with Crippen molar-refractivity contribution in [3.8, 4) is 5.75 Å². The van der Waals surface area contributed by atoms with Gasteiger partial charge >= 0.3 is 0 Å². The number of thioether (sulfide) groups is 1. The Kier molecular flexibility index (Phi) is 6.34. The molecular weight excluding hydrogens is 296 g/mol. The van der Waals surface area contributed by atoms with E-state index in [1.807, 2.05) is 18.3 Å². The second-order valence-corrected chi connectivity index (χ2v) is 6.74. The number of ether oxygens (including phenoxy) is 1. The first-order chi connectivity index (χ1) is 10.6. The summed E-state index contributed by atoms with van der Waals surface area (Å²) in [5.74, 6) is 2.59. The number of nitrogens with zero attached hydrogens (tertiary/aromatic N) is 2. The maximum absolute atomic E-state index is 9.32. The Balaban J connectivity index is 2.08. The third-order valence-corrected chi connectivity index (χ3v) is 4.41. The zero-order valence-corrected chi connectivity index (χ0v) is 14.3. The first kappa shape index (κ1) is 16.9. The predicted octanol–water partition coefficient (Wildman–Crippen LogP) is 3.57. The molecule has 1 aromatic heterocycles. The van der Waals surface area contributed by atoms with Gasteiger partial charge in [0.25, 0.3) is 0 Å². The van der Waals surface area contributed by atoms with Crippen molar-refractivity contribution in [2.45, 2.75) is 38.6 Å². The smallest absolute Gasteiger partial charge is 0.168 e. The minimum Gasteiger partial charge on any atom is -0.497 e. The number of aromatic nitrogens is 2. The topological polar surface area (TPSA) is 47.3 Å². The molecule has 1 N–H and O–H groups in total. The van der Waals surface area contributed by atoms with Gasteiger partial charge in [-0.25, -0.2) is 4.98 Å².